The summed E-state index contributed by atoms with van der Waals surface area (Å²) in [6.45, 7) is 1.76. The van der Waals surface area contributed by atoms with E-state index in [0.717, 1.165) is 22.2 Å². The van der Waals surface area contributed by atoms with Gasteiger partial charge in [-0.1, -0.05) is 41.9 Å². The van der Waals surface area contributed by atoms with Crippen LogP contribution < -0.4 is 10.1 Å². The molecule has 0 aliphatic carbocycles. The molecule has 1 atom stereocenters. The highest BCUT2D eigenvalue weighted by Gasteiger charge is 2.15. The molecular formula is C24H23ClN4O3. The molecule has 0 saturated heterocycles. The van der Waals surface area contributed by atoms with E-state index in [1.807, 2.05) is 55.5 Å². The Morgan fingerprint density at radius 3 is 2.44 bits per heavy atom. The number of rotatable bonds is 8. The van der Waals surface area contributed by atoms with Gasteiger partial charge in [0.25, 0.3) is 5.91 Å². The maximum absolute atomic E-state index is 12.5. The summed E-state index contributed by atoms with van der Waals surface area (Å²) in [6.07, 6.45) is 0.493. The highest BCUT2D eigenvalue weighted by atomic mass is 35.5. The number of amides is 1. The van der Waals surface area contributed by atoms with E-state index in [0.29, 0.717) is 22.9 Å². The average Bonchev–Trinajstić information content (AvgIpc) is 3.23. The van der Waals surface area contributed by atoms with Crippen LogP contribution in [0.5, 0.6) is 5.75 Å². The summed E-state index contributed by atoms with van der Waals surface area (Å²) in [6, 6.07) is 20.2. The third kappa shape index (κ3) is 5.07. The smallest absolute Gasteiger partial charge is 0.258 e. The van der Waals surface area contributed by atoms with E-state index in [2.05, 4.69) is 15.5 Å². The Hall–Kier alpha value is -3.42. The Bertz CT molecular complexity index is 1190. The van der Waals surface area contributed by atoms with Crippen molar-refractivity contribution in [3.05, 3.63) is 82.9 Å². The van der Waals surface area contributed by atoms with Gasteiger partial charge in [-0.15, -0.1) is 15.0 Å². The number of carbonyl (C=O) groups is 1. The van der Waals surface area contributed by atoms with Crippen molar-refractivity contribution in [3.63, 3.8) is 0 Å². The Kier molecular flexibility index (Phi) is 6.68. The number of ether oxygens (including phenoxy) is 1. The molecular weight excluding hydrogens is 428 g/mol. The van der Waals surface area contributed by atoms with Crippen LogP contribution in [0.25, 0.3) is 16.7 Å². The number of nitrogens with one attached hydrogen (secondary N) is 1. The van der Waals surface area contributed by atoms with Gasteiger partial charge in [-0.25, -0.2) is 0 Å². The zero-order chi connectivity index (χ0) is 22.5. The zero-order valence-corrected chi connectivity index (χ0v) is 18.3. The summed E-state index contributed by atoms with van der Waals surface area (Å²) < 4.78 is 5.84. The lowest BCUT2D eigenvalue weighted by atomic mass is 10.1. The van der Waals surface area contributed by atoms with Crippen molar-refractivity contribution in [3.8, 4) is 11.4 Å². The number of nitrogens with zero attached hydrogens (tertiary/aromatic N) is 3. The Morgan fingerprint density at radius 2 is 1.78 bits per heavy atom. The quantitative estimate of drug-likeness (QED) is 0.425. The second-order valence-electron chi connectivity index (χ2n) is 7.38. The summed E-state index contributed by atoms with van der Waals surface area (Å²) in [5.41, 5.74) is 3.97. The number of aliphatic hydroxyl groups excluding tert-OH is 1. The van der Waals surface area contributed by atoms with Crippen LogP contribution in [-0.4, -0.2) is 39.2 Å². The standard InChI is InChI=1S/C24H23ClN4O3/c1-16(18-7-9-19(25)10-8-18)26-24(31)15-32-23-11-6-17(12-13-30)14-22(23)29-27-20-4-2-3-5-21(20)28-29/h2-11,14,16,30H,12-13,15H2,1H3,(H,26,31). The van der Waals surface area contributed by atoms with Crippen molar-refractivity contribution >= 4 is 28.5 Å². The first-order valence-electron chi connectivity index (χ1n) is 10.3. The minimum Gasteiger partial charge on any atom is -0.481 e. The third-order valence-corrected chi connectivity index (χ3v) is 5.28. The van der Waals surface area contributed by atoms with Gasteiger partial charge in [-0.05, 0) is 60.9 Å². The Labute approximate surface area is 190 Å². The zero-order valence-electron chi connectivity index (χ0n) is 17.5. The van der Waals surface area contributed by atoms with Gasteiger partial charge in [0.15, 0.2) is 6.61 Å². The van der Waals surface area contributed by atoms with Gasteiger partial charge in [-0.2, -0.15) is 0 Å². The number of halogens is 1. The molecule has 0 spiro atoms. The lowest BCUT2D eigenvalue weighted by Crippen LogP contribution is -2.31. The maximum Gasteiger partial charge on any atom is 0.258 e. The highest BCUT2D eigenvalue weighted by molar-refractivity contribution is 6.30. The molecule has 0 bridgehead atoms. The fourth-order valence-electron chi connectivity index (χ4n) is 3.35. The molecule has 4 rings (SSSR count). The van der Waals surface area contributed by atoms with E-state index in [-0.39, 0.29) is 25.2 Å². The lowest BCUT2D eigenvalue weighted by molar-refractivity contribution is -0.123. The molecule has 7 nitrogen and oxygen atoms in total. The number of benzene rings is 3. The lowest BCUT2D eigenvalue weighted by Gasteiger charge is -2.16. The molecule has 2 N–H and O–H groups in total. The van der Waals surface area contributed by atoms with Crippen LogP contribution >= 0.6 is 11.6 Å². The van der Waals surface area contributed by atoms with Crippen molar-refractivity contribution in [2.24, 2.45) is 0 Å². The monoisotopic (exact) mass is 450 g/mol. The van der Waals surface area contributed by atoms with Gasteiger partial charge in [-0.3, -0.25) is 4.79 Å². The van der Waals surface area contributed by atoms with E-state index >= 15 is 0 Å². The number of aliphatic hydroxyl groups is 1. The molecule has 0 fully saturated rings. The molecule has 1 aromatic heterocycles. The van der Waals surface area contributed by atoms with Crippen LogP contribution in [0, 0.1) is 0 Å². The molecule has 1 unspecified atom stereocenters. The largest absolute Gasteiger partial charge is 0.481 e. The summed E-state index contributed by atoms with van der Waals surface area (Å²) in [7, 11) is 0. The van der Waals surface area contributed by atoms with Crippen molar-refractivity contribution < 1.29 is 14.6 Å². The minimum absolute atomic E-state index is 0.0269. The molecule has 8 heteroatoms. The van der Waals surface area contributed by atoms with Gasteiger partial charge < -0.3 is 15.2 Å². The number of carbonyl (C=O) groups excluding carboxylic acids is 1. The van der Waals surface area contributed by atoms with Gasteiger partial charge >= 0.3 is 0 Å². The summed E-state index contributed by atoms with van der Waals surface area (Å²) in [5, 5.41) is 21.9. The molecule has 3 aromatic carbocycles. The molecule has 0 aliphatic rings. The second-order valence-corrected chi connectivity index (χ2v) is 7.82. The normalized spacial score (nSPS) is 12.0. The Balaban J connectivity index is 1.51. The van der Waals surface area contributed by atoms with Gasteiger partial charge in [0.1, 0.15) is 22.5 Å². The fraction of sp³-hybridized carbons (Fsp3) is 0.208. The molecule has 0 radical (unpaired) electrons. The second kappa shape index (κ2) is 9.80. The van der Waals surface area contributed by atoms with Crippen molar-refractivity contribution in [2.45, 2.75) is 19.4 Å². The van der Waals surface area contributed by atoms with Crippen LogP contribution in [0.2, 0.25) is 5.02 Å². The SMILES string of the molecule is CC(NC(=O)COc1ccc(CCO)cc1-n1nc2ccccc2n1)c1ccc(Cl)cc1. The first-order valence-corrected chi connectivity index (χ1v) is 10.6. The predicted molar refractivity (Wildman–Crippen MR) is 123 cm³/mol. The van der Waals surface area contributed by atoms with E-state index in [9.17, 15) is 9.90 Å². The average molecular weight is 451 g/mol. The van der Waals surface area contributed by atoms with E-state index in [4.69, 9.17) is 16.3 Å². The van der Waals surface area contributed by atoms with Crippen molar-refractivity contribution in [1.82, 2.24) is 20.3 Å². The molecule has 4 aromatic rings. The van der Waals surface area contributed by atoms with Crippen molar-refractivity contribution in [1.29, 1.82) is 0 Å². The topological polar surface area (TPSA) is 89.3 Å². The molecule has 0 aliphatic heterocycles. The molecule has 164 valence electrons. The maximum atomic E-state index is 12.5. The minimum atomic E-state index is -0.253. The van der Waals surface area contributed by atoms with Crippen LogP contribution in [-0.2, 0) is 11.2 Å². The van der Waals surface area contributed by atoms with Crippen LogP contribution in [0.3, 0.4) is 0 Å². The molecule has 0 saturated carbocycles. The van der Waals surface area contributed by atoms with E-state index in [1.165, 1.54) is 4.80 Å². The summed E-state index contributed by atoms with van der Waals surface area (Å²) in [5.74, 6) is 0.220. The van der Waals surface area contributed by atoms with Crippen molar-refractivity contribution in [2.75, 3.05) is 13.2 Å². The number of hydrogen-bond acceptors (Lipinski definition) is 5. The molecule has 32 heavy (non-hydrogen) atoms. The van der Waals surface area contributed by atoms with E-state index < -0.39 is 0 Å². The first-order chi connectivity index (χ1) is 15.5. The number of hydrogen-bond donors (Lipinski definition) is 2. The first kappa shape index (κ1) is 21.8. The highest BCUT2D eigenvalue weighted by Crippen LogP contribution is 2.25. The Morgan fingerprint density at radius 1 is 1.09 bits per heavy atom. The summed E-state index contributed by atoms with van der Waals surface area (Å²) in [4.78, 5) is 14.0. The van der Waals surface area contributed by atoms with Gasteiger partial charge in [0.2, 0.25) is 0 Å². The van der Waals surface area contributed by atoms with E-state index in [1.54, 1.807) is 18.2 Å². The predicted octanol–water partition coefficient (Wildman–Crippen LogP) is 3.86. The molecule has 1 amide bonds. The third-order valence-electron chi connectivity index (χ3n) is 5.03. The van der Waals surface area contributed by atoms with Crippen LogP contribution in [0.1, 0.15) is 24.1 Å². The van der Waals surface area contributed by atoms with Gasteiger partial charge in [0.05, 0.1) is 6.04 Å². The van der Waals surface area contributed by atoms with Crippen LogP contribution in [0.15, 0.2) is 66.7 Å². The fourth-order valence-corrected chi connectivity index (χ4v) is 3.48. The summed E-state index contributed by atoms with van der Waals surface area (Å²) >= 11 is 5.93. The van der Waals surface area contributed by atoms with Crippen LogP contribution in [0.4, 0.5) is 0 Å². The molecule has 1 heterocycles. The number of fused-ring (bicyclic) bond motifs is 1. The number of aromatic nitrogens is 3. The van der Waals surface area contributed by atoms with Gasteiger partial charge in [0, 0.05) is 11.6 Å².